The van der Waals surface area contributed by atoms with Crippen molar-refractivity contribution in [1.29, 1.82) is 0 Å². The van der Waals surface area contributed by atoms with Crippen LogP contribution in [0.3, 0.4) is 0 Å². The van der Waals surface area contributed by atoms with Gasteiger partial charge in [-0.3, -0.25) is 0 Å². The summed E-state index contributed by atoms with van der Waals surface area (Å²) in [5.74, 6) is 0.452. The van der Waals surface area contributed by atoms with Crippen molar-refractivity contribution >= 4 is 0 Å². The van der Waals surface area contributed by atoms with E-state index >= 15 is 0 Å². The van der Waals surface area contributed by atoms with Crippen LogP contribution in [-0.4, -0.2) is 17.0 Å². The van der Waals surface area contributed by atoms with Gasteiger partial charge in [0.15, 0.2) is 5.79 Å². The predicted molar refractivity (Wildman–Crippen MR) is 67.4 cm³/mol. The zero-order valence-electron chi connectivity index (χ0n) is 11.6. The van der Waals surface area contributed by atoms with E-state index in [4.69, 9.17) is 4.74 Å². The van der Waals surface area contributed by atoms with E-state index in [1.54, 1.807) is 0 Å². The molecule has 4 unspecified atom stereocenters. The standard InChI is InChI=1S/C15H26O2/c1-10(2)11-8-14(4)13(3)6-5-7-15(14,16)17-12(11)9-13/h10-12,16H,5-9H2,1-4H3/t11-,12?,13?,14?,15?/m0/s1. The van der Waals surface area contributed by atoms with Crippen molar-refractivity contribution in [2.75, 3.05) is 0 Å². The Labute approximate surface area is 105 Å². The minimum Gasteiger partial charge on any atom is -0.365 e. The molecule has 2 aliphatic heterocycles. The molecule has 2 saturated heterocycles. The van der Waals surface area contributed by atoms with E-state index in [-0.39, 0.29) is 16.9 Å². The fourth-order valence-corrected chi connectivity index (χ4v) is 4.91. The van der Waals surface area contributed by atoms with Gasteiger partial charge in [-0.25, -0.2) is 0 Å². The van der Waals surface area contributed by atoms with Crippen LogP contribution in [0.4, 0.5) is 0 Å². The maximum absolute atomic E-state index is 10.9. The van der Waals surface area contributed by atoms with Crippen molar-refractivity contribution < 1.29 is 9.84 Å². The fourth-order valence-electron chi connectivity index (χ4n) is 4.91. The third kappa shape index (κ3) is 1.29. The van der Waals surface area contributed by atoms with Gasteiger partial charge in [0.05, 0.1) is 6.10 Å². The highest BCUT2D eigenvalue weighted by Gasteiger charge is 2.69. The number of ether oxygens (including phenoxy) is 1. The van der Waals surface area contributed by atoms with E-state index in [2.05, 4.69) is 27.7 Å². The van der Waals surface area contributed by atoms with Crippen molar-refractivity contribution in [1.82, 2.24) is 0 Å². The van der Waals surface area contributed by atoms with Crippen LogP contribution in [0, 0.1) is 22.7 Å². The lowest BCUT2D eigenvalue weighted by molar-refractivity contribution is -0.409. The molecule has 2 heterocycles. The highest BCUT2D eigenvalue weighted by atomic mass is 16.6. The summed E-state index contributed by atoms with van der Waals surface area (Å²) < 4.78 is 6.14. The van der Waals surface area contributed by atoms with Crippen LogP contribution < -0.4 is 0 Å². The summed E-state index contributed by atoms with van der Waals surface area (Å²) in [5.41, 5.74) is 0.246. The van der Waals surface area contributed by atoms with Crippen LogP contribution in [-0.2, 0) is 4.74 Å². The monoisotopic (exact) mass is 238 g/mol. The number of aliphatic hydroxyl groups is 1. The number of hydrogen-bond donors (Lipinski definition) is 1. The quantitative estimate of drug-likeness (QED) is 0.759. The molecule has 4 rings (SSSR count). The molecule has 17 heavy (non-hydrogen) atoms. The number of hydrogen-bond acceptors (Lipinski definition) is 2. The average molecular weight is 238 g/mol. The van der Waals surface area contributed by atoms with Gasteiger partial charge in [-0.2, -0.15) is 0 Å². The lowest BCUT2D eigenvalue weighted by Crippen LogP contribution is -2.71. The molecular weight excluding hydrogens is 212 g/mol. The Hall–Kier alpha value is -0.0800. The van der Waals surface area contributed by atoms with Crippen LogP contribution in [0.15, 0.2) is 0 Å². The second-order valence-electron chi connectivity index (χ2n) is 7.50. The zero-order valence-corrected chi connectivity index (χ0v) is 11.6. The minimum atomic E-state index is -0.839. The number of rotatable bonds is 1. The summed E-state index contributed by atoms with van der Waals surface area (Å²) >= 11 is 0. The lowest BCUT2D eigenvalue weighted by atomic mass is 9.44. The Bertz CT molecular complexity index is 318. The summed E-state index contributed by atoms with van der Waals surface area (Å²) in [5, 5.41) is 10.9. The van der Waals surface area contributed by atoms with Crippen molar-refractivity contribution in [3.05, 3.63) is 0 Å². The van der Waals surface area contributed by atoms with Gasteiger partial charge in [0, 0.05) is 11.8 Å². The molecular formula is C15H26O2. The van der Waals surface area contributed by atoms with Crippen LogP contribution in [0.2, 0.25) is 0 Å². The SMILES string of the molecule is CC(C)[C@@H]1CC2(C)C3(C)CCCC2(O)OC1C3. The molecule has 1 N–H and O–H groups in total. The molecule has 4 aliphatic rings. The molecule has 5 atom stereocenters. The van der Waals surface area contributed by atoms with E-state index in [0.29, 0.717) is 11.8 Å². The van der Waals surface area contributed by atoms with Gasteiger partial charge in [-0.15, -0.1) is 0 Å². The molecule has 4 bridgehead atoms. The molecule has 98 valence electrons. The largest absolute Gasteiger partial charge is 0.365 e. The first kappa shape index (κ1) is 12.0. The Balaban J connectivity index is 2.02. The molecule has 2 aliphatic carbocycles. The second kappa shape index (κ2) is 3.27. The van der Waals surface area contributed by atoms with Crippen molar-refractivity contribution in [3.63, 3.8) is 0 Å². The summed E-state index contributed by atoms with van der Waals surface area (Å²) in [6.07, 6.45) is 5.78. The maximum Gasteiger partial charge on any atom is 0.171 e. The second-order valence-corrected chi connectivity index (χ2v) is 7.50. The molecule has 0 aromatic heterocycles. The summed E-state index contributed by atoms with van der Waals surface area (Å²) in [4.78, 5) is 0. The third-order valence-electron chi connectivity index (χ3n) is 6.41. The third-order valence-corrected chi connectivity index (χ3v) is 6.41. The van der Waals surface area contributed by atoms with Crippen molar-refractivity contribution in [3.8, 4) is 0 Å². The Morgan fingerprint density at radius 2 is 1.88 bits per heavy atom. The Kier molecular flexibility index (Phi) is 2.30. The highest BCUT2D eigenvalue weighted by molar-refractivity contribution is 5.14. The van der Waals surface area contributed by atoms with Crippen molar-refractivity contribution in [2.45, 2.75) is 71.7 Å². The first-order valence-corrected chi connectivity index (χ1v) is 7.22. The molecule has 2 nitrogen and oxygen atoms in total. The van der Waals surface area contributed by atoms with Gasteiger partial charge in [0.1, 0.15) is 0 Å². The van der Waals surface area contributed by atoms with Gasteiger partial charge in [-0.1, -0.05) is 27.7 Å². The van der Waals surface area contributed by atoms with E-state index < -0.39 is 5.79 Å². The lowest BCUT2D eigenvalue weighted by Gasteiger charge is -2.69. The van der Waals surface area contributed by atoms with Gasteiger partial charge >= 0.3 is 0 Å². The zero-order chi connectivity index (χ0) is 12.5. The topological polar surface area (TPSA) is 29.5 Å². The van der Waals surface area contributed by atoms with Crippen molar-refractivity contribution in [2.24, 2.45) is 22.7 Å². The van der Waals surface area contributed by atoms with E-state index in [0.717, 1.165) is 25.7 Å². The minimum absolute atomic E-state index is 0.0397. The summed E-state index contributed by atoms with van der Waals surface area (Å²) in [6.45, 7) is 9.24. The van der Waals surface area contributed by atoms with Crippen LogP contribution >= 0.6 is 0 Å². The summed E-state index contributed by atoms with van der Waals surface area (Å²) in [7, 11) is 0. The molecule has 2 saturated carbocycles. The molecule has 0 aromatic carbocycles. The molecule has 0 radical (unpaired) electrons. The van der Waals surface area contributed by atoms with E-state index in [9.17, 15) is 5.11 Å². The molecule has 0 amide bonds. The van der Waals surface area contributed by atoms with Gasteiger partial charge < -0.3 is 9.84 Å². The van der Waals surface area contributed by atoms with E-state index in [1.807, 2.05) is 0 Å². The highest BCUT2D eigenvalue weighted by Crippen LogP contribution is 2.69. The van der Waals surface area contributed by atoms with Gasteiger partial charge in [-0.05, 0) is 42.9 Å². The van der Waals surface area contributed by atoms with Gasteiger partial charge in [0.2, 0.25) is 0 Å². The normalized spacial score (nSPS) is 57.5. The molecule has 0 aromatic rings. The Morgan fingerprint density at radius 3 is 2.47 bits per heavy atom. The fraction of sp³-hybridized carbons (Fsp3) is 1.00. The molecule has 2 heteroatoms. The van der Waals surface area contributed by atoms with Crippen LogP contribution in [0.1, 0.15) is 59.8 Å². The smallest absolute Gasteiger partial charge is 0.171 e. The summed E-state index contributed by atoms with van der Waals surface area (Å²) in [6, 6.07) is 0. The molecule has 0 spiro atoms. The first-order chi connectivity index (χ1) is 7.81. The predicted octanol–water partition coefficient (Wildman–Crippen LogP) is 3.34. The van der Waals surface area contributed by atoms with Gasteiger partial charge in [0.25, 0.3) is 0 Å². The van der Waals surface area contributed by atoms with Crippen LogP contribution in [0.5, 0.6) is 0 Å². The Morgan fingerprint density at radius 1 is 1.18 bits per heavy atom. The van der Waals surface area contributed by atoms with E-state index in [1.165, 1.54) is 6.42 Å². The number of fused-ring (bicyclic) bond motifs is 1. The maximum atomic E-state index is 10.9. The average Bonchev–Trinajstić information content (AvgIpc) is 2.18. The molecule has 4 fully saturated rings. The first-order valence-electron chi connectivity index (χ1n) is 7.22. The van der Waals surface area contributed by atoms with Crippen LogP contribution in [0.25, 0.3) is 0 Å².